The summed E-state index contributed by atoms with van der Waals surface area (Å²) in [6, 6.07) is 0.656. The summed E-state index contributed by atoms with van der Waals surface area (Å²) in [7, 11) is 0. The van der Waals surface area contributed by atoms with E-state index in [-0.39, 0.29) is 5.92 Å². The number of rotatable bonds is 5. The van der Waals surface area contributed by atoms with E-state index in [0.717, 1.165) is 43.8 Å². The zero-order chi connectivity index (χ0) is 18.6. The molecule has 154 valence electrons. The molecule has 2 heterocycles. The van der Waals surface area contributed by atoms with Crippen LogP contribution in [0, 0.1) is 29.6 Å². The molecule has 4 rings (SSSR count). The number of hydrazine groups is 1. The van der Waals surface area contributed by atoms with Crippen molar-refractivity contribution in [2.45, 2.75) is 76.7 Å². The predicted octanol–water partition coefficient (Wildman–Crippen LogP) is 3.26. The van der Waals surface area contributed by atoms with Crippen LogP contribution < -0.4 is 10.7 Å². The predicted molar refractivity (Wildman–Crippen MR) is 107 cm³/mol. The van der Waals surface area contributed by atoms with E-state index in [1.807, 2.05) is 0 Å². The maximum atomic E-state index is 11.3. The van der Waals surface area contributed by atoms with Crippen LogP contribution in [-0.4, -0.2) is 48.3 Å². The highest BCUT2D eigenvalue weighted by molar-refractivity contribution is 5.70. The molecule has 5 nitrogen and oxygen atoms in total. The summed E-state index contributed by atoms with van der Waals surface area (Å²) in [5.74, 6) is 2.45. The van der Waals surface area contributed by atoms with Crippen LogP contribution in [0.1, 0.15) is 70.6 Å². The van der Waals surface area contributed by atoms with Crippen LogP contribution in [0.5, 0.6) is 0 Å². The molecule has 2 aliphatic heterocycles. The van der Waals surface area contributed by atoms with Gasteiger partial charge in [-0.1, -0.05) is 44.9 Å². The molecule has 2 saturated heterocycles. The number of hydrogen-bond donors (Lipinski definition) is 3. The first-order chi connectivity index (χ1) is 13.2. The highest BCUT2D eigenvalue weighted by Gasteiger charge is 2.36. The first-order valence-electron chi connectivity index (χ1n) is 11.6. The third kappa shape index (κ3) is 5.04. The van der Waals surface area contributed by atoms with Crippen LogP contribution in [-0.2, 0) is 4.79 Å². The van der Waals surface area contributed by atoms with Crippen molar-refractivity contribution in [1.82, 2.24) is 15.8 Å². The fraction of sp³-hybridized carbons (Fsp3) is 0.955. The number of carboxylic acids is 1. The first-order valence-corrected chi connectivity index (χ1v) is 11.6. The monoisotopic (exact) mass is 377 g/mol. The molecule has 0 radical (unpaired) electrons. The molecule has 0 spiro atoms. The minimum Gasteiger partial charge on any atom is -0.481 e. The summed E-state index contributed by atoms with van der Waals surface area (Å²) in [6.07, 6.45) is 15.2. The molecule has 5 heteroatoms. The van der Waals surface area contributed by atoms with Gasteiger partial charge in [0, 0.05) is 25.7 Å². The van der Waals surface area contributed by atoms with Crippen molar-refractivity contribution in [2.24, 2.45) is 29.6 Å². The second kappa shape index (κ2) is 9.23. The van der Waals surface area contributed by atoms with Gasteiger partial charge < -0.3 is 10.4 Å². The van der Waals surface area contributed by atoms with Crippen LogP contribution >= 0.6 is 0 Å². The molecule has 5 unspecified atom stereocenters. The molecular formula is C22H39N3O2. The van der Waals surface area contributed by atoms with E-state index in [2.05, 4.69) is 15.8 Å². The van der Waals surface area contributed by atoms with Gasteiger partial charge >= 0.3 is 5.97 Å². The quantitative estimate of drug-likeness (QED) is 0.686. The molecule has 27 heavy (non-hydrogen) atoms. The molecule has 3 N–H and O–H groups in total. The molecule has 0 aromatic carbocycles. The summed E-state index contributed by atoms with van der Waals surface area (Å²) < 4.78 is 0. The second-order valence-corrected chi connectivity index (χ2v) is 9.85. The van der Waals surface area contributed by atoms with Gasteiger partial charge in [0.25, 0.3) is 0 Å². The smallest absolute Gasteiger partial charge is 0.307 e. The Balaban J connectivity index is 1.24. The molecule has 2 saturated carbocycles. The van der Waals surface area contributed by atoms with E-state index in [1.165, 1.54) is 64.2 Å². The Morgan fingerprint density at radius 3 is 2.48 bits per heavy atom. The van der Waals surface area contributed by atoms with Gasteiger partial charge in [0.1, 0.15) is 0 Å². The highest BCUT2D eigenvalue weighted by Crippen LogP contribution is 2.42. The van der Waals surface area contributed by atoms with Crippen LogP contribution in [0.15, 0.2) is 0 Å². The lowest BCUT2D eigenvalue weighted by atomic mass is 9.69. The number of aliphatic carboxylic acids is 1. The normalized spacial score (nSPS) is 39.5. The maximum Gasteiger partial charge on any atom is 0.307 e. The van der Waals surface area contributed by atoms with Crippen molar-refractivity contribution in [1.29, 1.82) is 0 Å². The topological polar surface area (TPSA) is 64.6 Å². The Labute approximate surface area is 164 Å². The average Bonchev–Trinajstić information content (AvgIpc) is 3.17. The molecule has 4 fully saturated rings. The summed E-state index contributed by atoms with van der Waals surface area (Å²) >= 11 is 0. The zero-order valence-electron chi connectivity index (χ0n) is 16.9. The zero-order valence-corrected chi connectivity index (χ0v) is 16.9. The Morgan fingerprint density at radius 1 is 0.889 bits per heavy atom. The standard InChI is InChI=1S/C22H39N3O2/c26-22(27)20-11-16(13-23-14-20)15-25-10-9-21(24-25)19-8-4-7-18(12-19)17-5-2-1-3-6-17/h16-21,23-24H,1-15H2,(H,26,27). The van der Waals surface area contributed by atoms with Crippen molar-refractivity contribution >= 4 is 5.97 Å². The summed E-state index contributed by atoms with van der Waals surface area (Å²) in [6.45, 7) is 3.71. The number of piperidine rings is 1. The van der Waals surface area contributed by atoms with E-state index >= 15 is 0 Å². The SMILES string of the molecule is O=C(O)C1CNCC(CN2CCC(C3CCCC(C4CCCCC4)C3)N2)C1. The van der Waals surface area contributed by atoms with E-state index in [4.69, 9.17) is 0 Å². The summed E-state index contributed by atoms with van der Waals surface area (Å²) in [5, 5.41) is 15.0. The number of nitrogens with one attached hydrogen (secondary N) is 2. The lowest BCUT2D eigenvalue weighted by Crippen LogP contribution is -2.47. The molecule has 5 atom stereocenters. The average molecular weight is 378 g/mol. The van der Waals surface area contributed by atoms with E-state index in [1.54, 1.807) is 0 Å². The minimum absolute atomic E-state index is 0.211. The van der Waals surface area contributed by atoms with Gasteiger partial charge in [0.2, 0.25) is 0 Å². The molecule has 0 aromatic heterocycles. The second-order valence-electron chi connectivity index (χ2n) is 9.85. The molecule has 2 aliphatic carbocycles. The maximum absolute atomic E-state index is 11.3. The summed E-state index contributed by atoms with van der Waals surface area (Å²) in [5.41, 5.74) is 3.83. The van der Waals surface area contributed by atoms with Crippen molar-refractivity contribution in [3.05, 3.63) is 0 Å². The van der Waals surface area contributed by atoms with Crippen LogP contribution in [0.2, 0.25) is 0 Å². The lowest BCUT2D eigenvalue weighted by Gasteiger charge is -2.39. The van der Waals surface area contributed by atoms with E-state index < -0.39 is 5.97 Å². The lowest BCUT2D eigenvalue weighted by molar-refractivity contribution is -0.142. The van der Waals surface area contributed by atoms with Crippen molar-refractivity contribution in [3.63, 3.8) is 0 Å². The molecule has 0 amide bonds. The Hall–Kier alpha value is -0.650. The fourth-order valence-corrected chi connectivity index (χ4v) is 6.48. The Bertz CT molecular complexity index is 494. The fourth-order valence-electron chi connectivity index (χ4n) is 6.48. The van der Waals surface area contributed by atoms with Crippen LogP contribution in [0.3, 0.4) is 0 Å². The minimum atomic E-state index is -0.643. The first kappa shape index (κ1) is 19.7. The Morgan fingerprint density at radius 2 is 1.67 bits per heavy atom. The van der Waals surface area contributed by atoms with Gasteiger partial charge in [-0.25, -0.2) is 5.01 Å². The molecular weight excluding hydrogens is 338 g/mol. The number of nitrogens with zero attached hydrogens (tertiary/aromatic N) is 1. The van der Waals surface area contributed by atoms with Crippen molar-refractivity contribution < 1.29 is 9.90 Å². The van der Waals surface area contributed by atoms with Crippen LogP contribution in [0.25, 0.3) is 0 Å². The largest absolute Gasteiger partial charge is 0.481 e. The van der Waals surface area contributed by atoms with Gasteiger partial charge in [-0.15, -0.1) is 0 Å². The van der Waals surface area contributed by atoms with Crippen molar-refractivity contribution in [2.75, 3.05) is 26.2 Å². The van der Waals surface area contributed by atoms with Gasteiger partial charge in [-0.05, 0) is 55.9 Å². The third-order valence-electron chi connectivity index (χ3n) is 7.97. The van der Waals surface area contributed by atoms with Gasteiger partial charge in [0.05, 0.1) is 5.92 Å². The number of hydrogen-bond acceptors (Lipinski definition) is 4. The molecule has 0 bridgehead atoms. The highest BCUT2D eigenvalue weighted by atomic mass is 16.4. The molecule has 4 aliphatic rings. The van der Waals surface area contributed by atoms with Gasteiger partial charge in [-0.2, -0.15) is 0 Å². The van der Waals surface area contributed by atoms with Crippen LogP contribution in [0.4, 0.5) is 0 Å². The van der Waals surface area contributed by atoms with Gasteiger partial charge in [0.15, 0.2) is 0 Å². The third-order valence-corrected chi connectivity index (χ3v) is 7.97. The number of carboxylic acid groups (broad SMARTS) is 1. The van der Waals surface area contributed by atoms with E-state index in [0.29, 0.717) is 18.5 Å². The van der Waals surface area contributed by atoms with Gasteiger partial charge in [-0.3, -0.25) is 10.2 Å². The number of carbonyl (C=O) groups is 1. The van der Waals surface area contributed by atoms with Crippen molar-refractivity contribution in [3.8, 4) is 0 Å². The summed E-state index contributed by atoms with van der Waals surface area (Å²) in [4.78, 5) is 11.3. The van der Waals surface area contributed by atoms with E-state index in [9.17, 15) is 9.90 Å². The molecule has 0 aromatic rings. The Kier molecular flexibility index (Phi) is 6.72.